The van der Waals surface area contributed by atoms with Gasteiger partial charge in [-0.15, -0.1) is 11.3 Å². The van der Waals surface area contributed by atoms with Crippen molar-refractivity contribution in [3.05, 3.63) is 44.8 Å². The van der Waals surface area contributed by atoms with Gasteiger partial charge in [0.25, 0.3) is 0 Å². The second kappa shape index (κ2) is 7.96. The number of halogens is 1. The number of benzene rings is 1. The zero-order valence-electron chi connectivity index (χ0n) is 14.0. The molecule has 0 radical (unpaired) electrons. The van der Waals surface area contributed by atoms with Gasteiger partial charge in [-0.2, -0.15) is 0 Å². The predicted molar refractivity (Wildman–Crippen MR) is 106 cm³/mol. The van der Waals surface area contributed by atoms with Crippen molar-refractivity contribution in [2.24, 2.45) is 0 Å². The molecule has 24 heavy (non-hydrogen) atoms. The number of rotatable bonds is 4. The first-order valence-electron chi connectivity index (χ1n) is 7.42. The molecule has 0 fully saturated rings. The van der Waals surface area contributed by atoms with Gasteiger partial charge >= 0.3 is 5.97 Å². The summed E-state index contributed by atoms with van der Waals surface area (Å²) in [4.78, 5) is 13.2. The SMILES string of the molecule is CCc1c(C)sc(NC(=S)Nc2ccc(C)c(Cl)c2)c1C(=O)OC. The maximum absolute atomic E-state index is 12.1. The van der Waals surface area contributed by atoms with Gasteiger partial charge in [-0.1, -0.05) is 24.6 Å². The standard InChI is InChI=1S/C17H19ClN2O2S2/c1-5-12-10(3)24-15(14(12)16(21)22-4)20-17(23)19-11-7-6-9(2)13(18)8-11/h6-8H,5H2,1-4H3,(H2,19,20,23). The molecule has 0 aliphatic rings. The van der Waals surface area contributed by atoms with Crippen molar-refractivity contribution in [1.82, 2.24) is 0 Å². The number of aryl methyl sites for hydroxylation is 2. The quantitative estimate of drug-likeness (QED) is 0.563. The lowest BCUT2D eigenvalue weighted by atomic mass is 10.1. The van der Waals surface area contributed by atoms with Crippen molar-refractivity contribution in [3.63, 3.8) is 0 Å². The zero-order valence-corrected chi connectivity index (χ0v) is 16.3. The highest BCUT2D eigenvalue weighted by Crippen LogP contribution is 2.34. The molecule has 4 nitrogen and oxygen atoms in total. The number of hydrogen-bond acceptors (Lipinski definition) is 4. The third-order valence-electron chi connectivity index (χ3n) is 3.61. The van der Waals surface area contributed by atoms with Crippen LogP contribution >= 0.6 is 35.2 Å². The van der Waals surface area contributed by atoms with E-state index in [1.165, 1.54) is 18.4 Å². The van der Waals surface area contributed by atoms with Crippen molar-refractivity contribution in [2.45, 2.75) is 27.2 Å². The van der Waals surface area contributed by atoms with Crippen molar-refractivity contribution in [2.75, 3.05) is 17.7 Å². The molecule has 0 amide bonds. The number of esters is 1. The van der Waals surface area contributed by atoms with E-state index in [4.69, 9.17) is 28.6 Å². The molecule has 0 spiro atoms. The van der Waals surface area contributed by atoms with Crippen molar-refractivity contribution in [1.29, 1.82) is 0 Å². The molecule has 0 aliphatic heterocycles. The van der Waals surface area contributed by atoms with Gasteiger partial charge in [0.2, 0.25) is 0 Å². The van der Waals surface area contributed by atoms with E-state index in [2.05, 4.69) is 10.6 Å². The van der Waals surface area contributed by atoms with Gasteiger partial charge < -0.3 is 15.4 Å². The minimum Gasteiger partial charge on any atom is -0.465 e. The molecule has 128 valence electrons. The summed E-state index contributed by atoms with van der Waals surface area (Å²) >= 11 is 13.0. The first-order valence-corrected chi connectivity index (χ1v) is 9.02. The lowest BCUT2D eigenvalue weighted by molar-refractivity contribution is 0.0601. The molecule has 1 aromatic heterocycles. The van der Waals surface area contributed by atoms with E-state index >= 15 is 0 Å². The molecular weight excluding hydrogens is 364 g/mol. The summed E-state index contributed by atoms with van der Waals surface area (Å²) < 4.78 is 4.91. The van der Waals surface area contributed by atoms with E-state index < -0.39 is 0 Å². The van der Waals surface area contributed by atoms with Crippen LogP contribution in [0.4, 0.5) is 10.7 Å². The molecule has 1 aromatic carbocycles. The number of nitrogens with one attached hydrogen (secondary N) is 2. The summed E-state index contributed by atoms with van der Waals surface area (Å²) in [5.74, 6) is -0.361. The van der Waals surface area contributed by atoms with Gasteiger partial charge in [-0.3, -0.25) is 0 Å². The Labute approximate surface area is 156 Å². The fraction of sp³-hybridized carbons (Fsp3) is 0.294. The molecule has 2 N–H and O–H groups in total. The van der Waals surface area contributed by atoms with Gasteiger partial charge in [-0.05, 0) is 55.7 Å². The first kappa shape index (κ1) is 18.7. The molecule has 1 heterocycles. The van der Waals surface area contributed by atoms with E-state index in [0.29, 0.717) is 20.7 Å². The van der Waals surface area contributed by atoms with Crippen LogP contribution in [0.2, 0.25) is 5.02 Å². The van der Waals surface area contributed by atoms with E-state index in [1.807, 2.05) is 39.0 Å². The van der Waals surface area contributed by atoms with Crippen LogP contribution in [0.25, 0.3) is 0 Å². The second-order valence-corrected chi connectivity index (χ2v) is 7.27. The number of anilines is 2. The Balaban J connectivity index is 2.22. The van der Waals surface area contributed by atoms with Crippen molar-refractivity contribution < 1.29 is 9.53 Å². The van der Waals surface area contributed by atoms with E-state index in [0.717, 1.165) is 28.1 Å². The number of thiophene rings is 1. The molecule has 0 saturated heterocycles. The van der Waals surface area contributed by atoms with E-state index in [9.17, 15) is 4.79 Å². The summed E-state index contributed by atoms with van der Waals surface area (Å²) in [5, 5.41) is 7.92. The minimum atomic E-state index is -0.361. The Morgan fingerprint density at radius 3 is 2.62 bits per heavy atom. The van der Waals surface area contributed by atoms with Crippen molar-refractivity contribution in [3.8, 4) is 0 Å². The number of ether oxygens (including phenoxy) is 1. The lowest BCUT2D eigenvalue weighted by Crippen LogP contribution is -2.20. The highest BCUT2D eigenvalue weighted by Gasteiger charge is 2.22. The Bertz CT molecular complexity index is 787. The monoisotopic (exact) mass is 382 g/mol. The Morgan fingerprint density at radius 1 is 1.33 bits per heavy atom. The molecule has 2 aromatic rings. The van der Waals surface area contributed by atoms with Crippen LogP contribution in [-0.2, 0) is 11.2 Å². The van der Waals surface area contributed by atoms with Crippen LogP contribution < -0.4 is 10.6 Å². The third kappa shape index (κ3) is 4.06. The Morgan fingerprint density at radius 2 is 2.04 bits per heavy atom. The molecule has 2 rings (SSSR count). The van der Waals surface area contributed by atoms with Crippen LogP contribution in [0.3, 0.4) is 0 Å². The number of methoxy groups -OCH3 is 1. The van der Waals surface area contributed by atoms with Gasteiger partial charge in [-0.25, -0.2) is 4.79 Å². The maximum atomic E-state index is 12.1. The summed E-state index contributed by atoms with van der Waals surface area (Å²) in [6.07, 6.45) is 0.752. The molecule has 0 unspecified atom stereocenters. The number of thiocarbonyl (C=S) groups is 1. The lowest BCUT2D eigenvalue weighted by Gasteiger charge is -2.11. The summed E-state index contributed by atoms with van der Waals surface area (Å²) in [5.41, 5.74) is 3.31. The van der Waals surface area contributed by atoms with Crippen LogP contribution in [0.1, 0.15) is 33.3 Å². The van der Waals surface area contributed by atoms with Crippen LogP contribution in [0.5, 0.6) is 0 Å². The summed E-state index contributed by atoms with van der Waals surface area (Å²) in [6, 6.07) is 5.62. The smallest absolute Gasteiger partial charge is 0.341 e. The summed E-state index contributed by atoms with van der Waals surface area (Å²) in [6.45, 7) is 5.93. The topological polar surface area (TPSA) is 50.4 Å². The number of carbonyl (C=O) groups is 1. The molecular formula is C17H19ClN2O2S2. The largest absolute Gasteiger partial charge is 0.465 e. The number of hydrogen-bond donors (Lipinski definition) is 2. The van der Waals surface area contributed by atoms with Gasteiger partial charge in [0.05, 0.1) is 12.7 Å². The molecule has 0 atom stereocenters. The first-order chi connectivity index (χ1) is 11.4. The zero-order chi connectivity index (χ0) is 17.9. The van der Waals surface area contributed by atoms with Crippen LogP contribution in [0.15, 0.2) is 18.2 Å². The number of carbonyl (C=O) groups excluding carboxylic acids is 1. The molecule has 0 saturated carbocycles. The van der Waals surface area contributed by atoms with Crippen LogP contribution in [-0.4, -0.2) is 18.2 Å². The average molecular weight is 383 g/mol. The van der Waals surface area contributed by atoms with E-state index in [-0.39, 0.29) is 5.97 Å². The fourth-order valence-electron chi connectivity index (χ4n) is 2.35. The minimum absolute atomic E-state index is 0.361. The molecule has 7 heteroatoms. The fourth-order valence-corrected chi connectivity index (χ4v) is 3.95. The van der Waals surface area contributed by atoms with Gasteiger partial charge in [0, 0.05) is 15.6 Å². The average Bonchev–Trinajstić information content (AvgIpc) is 2.85. The molecule has 0 bridgehead atoms. The maximum Gasteiger partial charge on any atom is 0.341 e. The third-order valence-corrected chi connectivity index (χ3v) is 5.28. The predicted octanol–water partition coefficient (Wildman–Crippen LogP) is 5.18. The molecule has 0 aliphatic carbocycles. The van der Waals surface area contributed by atoms with Gasteiger partial charge in [0.15, 0.2) is 5.11 Å². The van der Waals surface area contributed by atoms with Crippen LogP contribution in [0, 0.1) is 13.8 Å². The Kier molecular flexibility index (Phi) is 6.21. The van der Waals surface area contributed by atoms with E-state index in [1.54, 1.807) is 0 Å². The second-order valence-electron chi connectivity index (χ2n) is 5.23. The van der Waals surface area contributed by atoms with Crippen molar-refractivity contribution >= 4 is 56.9 Å². The highest BCUT2D eigenvalue weighted by molar-refractivity contribution is 7.80. The highest BCUT2D eigenvalue weighted by atomic mass is 35.5. The Hall–Kier alpha value is -1.63. The van der Waals surface area contributed by atoms with Gasteiger partial charge in [0.1, 0.15) is 5.00 Å². The summed E-state index contributed by atoms with van der Waals surface area (Å²) in [7, 11) is 1.38. The normalized spacial score (nSPS) is 10.4.